The Hall–Kier alpha value is -4.25. The Morgan fingerprint density at radius 1 is 1.12 bits per heavy atom. The predicted molar refractivity (Wildman–Crippen MR) is 147 cm³/mol. The second kappa shape index (κ2) is 9.65. The van der Waals surface area contributed by atoms with E-state index in [0.717, 1.165) is 11.0 Å². The molecule has 6 rings (SSSR count). The number of aromatic hydroxyl groups is 1. The number of primary amides is 1. The highest BCUT2D eigenvalue weighted by Gasteiger charge is 2.68. The number of carbonyl (C=O) groups excluding carboxylic acids is 5. The normalized spacial score (nSPS) is 30.2. The quantitative estimate of drug-likeness (QED) is 0.402. The SMILES string of the molecule is CCOc1cc([C@H]2C3=CC[C@@H]4C(=O)N(C(N)=O)C(=O)[C@@H]4[C@@H]3C[C@H]3C(=O)N(c4ccc(F)c(Cl)c4)C(=O)[C@@]23C)ccc1O. The van der Waals surface area contributed by atoms with E-state index in [-0.39, 0.29) is 41.7 Å². The van der Waals surface area contributed by atoms with Crippen molar-refractivity contribution < 1.29 is 38.2 Å². The maximum Gasteiger partial charge on any atom is 0.328 e. The number of nitrogens with two attached hydrogens (primary N) is 1. The number of benzene rings is 2. The minimum atomic E-state index is -1.37. The zero-order valence-corrected chi connectivity index (χ0v) is 23.4. The monoisotopic (exact) mass is 595 g/mol. The van der Waals surface area contributed by atoms with E-state index in [1.807, 2.05) is 6.08 Å². The summed E-state index contributed by atoms with van der Waals surface area (Å²) >= 11 is 6.01. The van der Waals surface area contributed by atoms with E-state index in [9.17, 15) is 33.5 Å². The molecule has 6 amide bonds. The van der Waals surface area contributed by atoms with Crippen LogP contribution in [0.15, 0.2) is 48.0 Å². The Morgan fingerprint density at radius 3 is 2.52 bits per heavy atom. The number of carbonyl (C=O) groups is 5. The molecular weight excluding hydrogens is 569 g/mol. The highest BCUT2D eigenvalue weighted by Crippen LogP contribution is 2.64. The number of imide groups is 4. The number of likely N-dealkylation sites (tertiary alicyclic amines) is 1. The van der Waals surface area contributed by atoms with Gasteiger partial charge in [-0.15, -0.1) is 0 Å². The van der Waals surface area contributed by atoms with Crippen LogP contribution in [0.5, 0.6) is 11.5 Å². The number of nitrogens with zero attached hydrogens (tertiary/aromatic N) is 2. The lowest BCUT2D eigenvalue weighted by Crippen LogP contribution is -2.49. The number of anilines is 1. The third-order valence-electron chi connectivity index (χ3n) is 9.27. The molecule has 218 valence electrons. The number of ether oxygens (including phenoxy) is 1. The number of phenols is 1. The van der Waals surface area contributed by atoms with E-state index >= 15 is 0 Å². The standard InChI is InChI=1S/C30H27ClFN3O7/c1-3-42-22-10-13(4-9-21(22)36)24-15-6-7-16-23(27(39)35(25(16)37)29(33)41)17(15)12-18-26(38)34(28(40)30(18,24)2)14-5-8-20(32)19(31)11-14/h4-6,8-11,16-18,23-24,36H,3,7,12H2,1-2H3,(H2,33,41)/t16-,17+,18-,23-,24-,30+/m0/s1. The van der Waals surface area contributed by atoms with Crippen LogP contribution in [0.3, 0.4) is 0 Å². The van der Waals surface area contributed by atoms with Gasteiger partial charge in [0.1, 0.15) is 5.82 Å². The molecule has 42 heavy (non-hydrogen) atoms. The number of fused-ring (bicyclic) bond motifs is 4. The van der Waals surface area contributed by atoms with Crippen molar-refractivity contribution in [3.05, 3.63) is 64.5 Å². The lowest BCUT2D eigenvalue weighted by atomic mass is 9.51. The number of phenolic OH excluding ortho intramolecular Hbond substituents is 1. The van der Waals surface area contributed by atoms with Gasteiger partial charge in [-0.3, -0.25) is 19.2 Å². The summed E-state index contributed by atoms with van der Waals surface area (Å²) in [6, 6.07) is 7.09. The number of urea groups is 1. The summed E-state index contributed by atoms with van der Waals surface area (Å²) in [5.41, 5.74) is 5.34. The largest absolute Gasteiger partial charge is 0.504 e. The molecule has 12 heteroatoms. The minimum Gasteiger partial charge on any atom is -0.504 e. The van der Waals surface area contributed by atoms with Gasteiger partial charge in [-0.25, -0.2) is 14.1 Å². The Bertz CT molecular complexity index is 1630. The zero-order chi connectivity index (χ0) is 30.2. The molecule has 0 unspecified atom stereocenters. The molecule has 4 aliphatic rings. The average Bonchev–Trinajstić information content (AvgIpc) is 3.31. The van der Waals surface area contributed by atoms with Gasteiger partial charge in [0.05, 0.1) is 40.5 Å². The Labute approximate surface area is 244 Å². The van der Waals surface area contributed by atoms with Gasteiger partial charge >= 0.3 is 6.03 Å². The smallest absolute Gasteiger partial charge is 0.328 e. The molecule has 3 fully saturated rings. The van der Waals surface area contributed by atoms with E-state index < -0.39 is 70.5 Å². The minimum absolute atomic E-state index is 0.0536. The van der Waals surface area contributed by atoms with Crippen LogP contribution in [-0.4, -0.2) is 46.3 Å². The summed E-state index contributed by atoms with van der Waals surface area (Å²) in [4.78, 5) is 68.4. The molecule has 0 aromatic heterocycles. The third-order valence-corrected chi connectivity index (χ3v) is 9.56. The summed E-state index contributed by atoms with van der Waals surface area (Å²) < 4.78 is 19.6. The summed E-state index contributed by atoms with van der Waals surface area (Å²) in [6.07, 6.45) is 2.01. The van der Waals surface area contributed by atoms with Gasteiger partial charge in [-0.2, -0.15) is 4.90 Å². The molecular formula is C30H27ClFN3O7. The predicted octanol–water partition coefficient (Wildman–Crippen LogP) is 3.89. The third kappa shape index (κ3) is 3.72. The van der Waals surface area contributed by atoms with Crippen LogP contribution in [0.25, 0.3) is 0 Å². The molecule has 0 radical (unpaired) electrons. The number of rotatable bonds is 4. The van der Waals surface area contributed by atoms with Gasteiger partial charge in [0.25, 0.3) is 0 Å². The van der Waals surface area contributed by atoms with E-state index in [4.69, 9.17) is 22.1 Å². The lowest BCUT2D eigenvalue weighted by molar-refractivity contribution is -0.136. The fourth-order valence-corrected chi connectivity index (χ4v) is 7.64. The van der Waals surface area contributed by atoms with Gasteiger partial charge in [0.2, 0.25) is 23.6 Å². The first kappa shape index (κ1) is 27.9. The highest BCUT2D eigenvalue weighted by atomic mass is 35.5. The van der Waals surface area contributed by atoms with E-state index in [0.29, 0.717) is 16.0 Å². The fourth-order valence-electron chi connectivity index (χ4n) is 7.46. The van der Waals surface area contributed by atoms with Crippen LogP contribution in [0.1, 0.15) is 38.2 Å². The molecule has 0 spiro atoms. The van der Waals surface area contributed by atoms with Crippen LogP contribution in [-0.2, 0) is 19.2 Å². The molecule has 6 atom stereocenters. The first-order valence-electron chi connectivity index (χ1n) is 13.6. The van der Waals surface area contributed by atoms with Gasteiger partial charge in [-0.05, 0) is 68.5 Å². The van der Waals surface area contributed by atoms with E-state index in [1.165, 1.54) is 18.2 Å². The summed E-state index contributed by atoms with van der Waals surface area (Å²) in [5.74, 6) is -7.31. The second-order valence-electron chi connectivity index (χ2n) is 11.3. The first-order chi connectivity index (χ1) is 19.9. The molecule has 2 aromatic carbocycles. The fraction of sp³-hybridized carbons (Fsp3) is 0.367. The van der Waals surface area contributed by atoms with E-state index in [1.54, 1.807) is 26.0 Å². The van der Waals surface area contributed by atoms with Crippen LogP contribution in [0.4, 0.5) is 14.9 Å². The van der Waals surface area contributed by atoms with Gasteiger partial charge < -0.3 is 15.6 Å². The van der Waals surface area contributed by atoms with Crippen molar-refractivity contribution in [1.29, 1.82) is 0 Å². The van der Waals surface area contributed by atoms with Crippen molar-refractivity contribution in [2.75, 3.05) is 11.5 Å². The molecule has 0 bridgehead atoms. The number of hydrogen-bond donors (Lipinski definition) is 2. The lowest BCUT2D eigenvalue weighted by Gasteiger charge is -2.49. The van der Waals surface area contributed by atoms with Gasteiger partial charge in [0.15, 0.2) is 11.5 Å². The van der Waals surface area contributed by atoms with Crippen LogP contribution >= 0.6 is 11.6 Å². The Kier molecular flexibility index (Phi) is 6.41. The molecule has 2 aliphatic heterocycles. The molecule has 2 heterocycles. The van der Waals surface area contributed by atoms with Crippen LogP contribution in [0.2, 0.25) is 5.02 Å². The molecule has 2 aliphatic carbocycles. The molecule has 1 saturated carbocycles. The summed E-state index contributed by atoms with van der Waals surface area (Å²) in [6.45, 7) is 3.69. The number of amides is 6. The highest BCUT2D eigenvalue weighted by molar-refractivity contribution is 6.31. The van der Waals surface area contributed by atoms with E-state index in [2.05, 4.69) is 0 Å². The molecule has 3 N–H and O–H groups in total. The number of halogens is 2. The van der Waals surface area contributed by atoms with Gasteiger partial charge in [-0.1, -0.05) is 29.3 Å². The number of allylic oxidation sites excluding steroid dienone is 2. The van der Waals surface area contributed by atoms with Crippen molar-refractivity contribution >= 4 is 46.9 Å². The first-order valence-corrected chi connectivity index (χ1v) is 14.0. The zero-order valence-electron chi connectivity index (χ0n) is 22.7. The topological polar surface area (TPSA) is 147 Å². The van der Waals surface area contributed by atoms with Crippen LogP contribution in [0, 0.1) is 34.9 Å². The number of hydrogen-bond acceptors (Lipinski definition) is 7. The van der Waals surface area contributed by atoms with Crippen molar-refractivity contribution in [3.8, 4) is 11.5 Å². The van der Waals surface area contributed by atoms with Crippen molar-refractivity contribution in [3.63, 3.8) is 0 Å². The average molecular weight is 596 g/mol. The molecule has 2 aromatic rings. The molecule has 10 nitrogen and oxygen atoms in total. The maximum atomic E-state index is 14.4. The maximum absolute atomic E-state index is 14.4. The van der Waals surface area contributed by atoms with Crippen LogP contribution < -0.4 is 15.4 Å². The van der Waals surface area contributed by atoms with Crippen molar-refractivity contribution in [2.45, 2.75) is 32.6 Å². The van der Waals surface area contributed by atoms with Gasteiger partial charge in [0, 0.05) is 5.92 Å². The van der Waals surface area contributed by atoms with Crippen molar-refractivity contribution in [2.24, 2.45) is 34.8 Å². The van der Waals surface area contributed by atoms with Crippen molar-refractivity contribution in [1.82, 2.24) is 4.90 Å². The Morgan fingerprint density at radius 2 is 1.86 bits per heavy atom. The second-order valence-corrected chi connectivity index (χ2v) is 11.7. The summed E-state index contributed by atoms with van der Waals surface area (Å²) in [5, 5.41) is 10.1. The molecule has 2 saturated heterocycles. The Balaban J connectivity index is 1.54. The summed E-state index contributed by atoms with van der Waals surface area (Å²) in [7, 11) is 0.